The molecular weight excluding hydrogens is 762 g/mol. The Morgan fingerprint density at radius 2 is 1.47 bits per heavy atom. The summed E-state index contributed by atoms with van der Waals surface area (Å²) in [5, 5.41) is 4.59. The molecule has 0 saturated heterocycles. The number of pyridine rings is 1. The molecule has 0 spiro atoms. The van der Waals surface area contributed by atoms with E-state index >= 15 is 0 Å². The van der Waals surface area contributed by atoms with Gasteiger partial charge < -0.3 is 23.7 Å². The van der Waals surface area contributed by atoms with Gasteiger partial charge in [-0.15, -0.1) is 48.1 Å². The Hall–Kier alpha value is -5.32. The van der Waals surface area contributed by atoms with Gasteiger partial charge in [-0.2, -0.15) is 12.1 Å². The number of hydrogen-bond acceptors (Lipinski definition) is 4. The molecule has 9 rings (SSSR count). The molecule has 4 heterocycles. The van der Waals surface area contributed by atoms with E-state index in [2.05, 4.69) is 107 Å². The first-order valence-electron chi connectivity index (χ1n) is 15.3. The Bertz CT molecular complexity index is 2480. The molecule has 6 nitrogen and oxygen atoms in total. The largest absolute Gasteiger partial charge is 0.509 e. The summed E-state index contributed by atoms with van der Waals surface area (Å²) in [5.74, 6) is 2.06. The fourth-order valence-electron chi connectivity index (χ4n) is 6.52. The molecule has 0 radical (unpaired) electrons. The van der Waals surface area contributed by atoms with Gasteiger partial charge in [-0.05, 0) is 55.0 Å². The second-order valence-corrected chi connectivity index (χ2v) is 11.6. The number of aromatic nitrogens is 3. The van der Waals surface area contributed by atoms with Gasteiger partial charge in [0, 0.05) is 79.4 Å². The number of anilines is 2. The molecule has 0 amide bonds. The van der Waals surface area contributed by atoms with Gasteiger partial charge in [0.1, 0.15) is 5.82 Å². The van der Waals surface area contributed by atoms with E-state index in [0.717, 1.165) is 49.9 Å². The first-order chi connectivity index (χ1) is 22.6. The summed E-state index contributed by atoms with van der Waals surface area (Å²) in [6.07, 6.45) is 6.04. The van der Waals surface area contributed by atoms with Gasteiger partial charge in [-0.25, -0.2) is 4.98 Å². The summed E-state index contributed by atoms with van der Waals surface area (Å²) < 4.78 is 10.8. The van der Waals surface area contributed by atoms with E-state index in [-0.39, 0.29) is 21.1 Å². The quantitative estimate of drug-likeness (QED) is 0.163. The smallest absolute Gasteiger partial charge is 0.137 e. The predicted octanol–water partition coefficient (Wildman–Crippen LogP) is 9.44. The summed E-state index contributed by atoms with van der Waals surface area (Å²) >= 11 is 0. The molecule has 3 aromatic heterocycles. The number of fused-ring (bicyclic) bond motifs is 6. The molecule has 0 atom stereocenters. The SMILES string of the molecule is Cc1ccc2c(c1)c1cnc(-n3c4[c-]c(Oc5[c-]c(N6C=CN(c7ccccc7)[CH-]6)ccc5)ccc4c4ccccc43)cc1n2C.[Pt]. The van der Waals surface area contributed by atoms with Crippen LogP contribution in [0, 0.1) is 25.7 Å². The molecule has 0 fully saturated rings. The van der Waals surface area contributed by atoms with Crippen molar-refractivity contribution < 1.29 is 25.8 Å². The summed E-state index contributed by atoms with van der Waals surface area (Å²) in [4.78, 5) is 9.11. The standard InChI is InChI=1S/C40H28N5O.Pt/c1-27-15-18-36-34(21-27)35-25-41-40(24-38(35)42(36)2)45-37-14-7-6-13-32(37)33-17-16-31(23-39(33)45)46-30-12-8-11-29(22-30)44-20-19-43(26-44)28-9-4-3-5-10-28;/h3-21,24-26H,1-2H3;/q-3;. The number of rotatable bonds is 5. The van der Waals surface area contributed by atoms with E-state index in [0.29, 0.717) is 11.5 Å². The molecule has 5 aromatic carbocycles. The minimum absolute atomic E-state index is 0. The van der Waals surface area contributed by atoms with Crippen LogP contribution in [0.15, 0.2) is 128 Å². The average molecular weight is 790 g/mol. The normalized spacial score (nSPS) is 12.9. The fraction of sp³-hybridized carbons (Fsp3) is 0.0500. The van der Waals surface area contributed by atoms with Gasteiger partial charge in [-0.3, -0.25) is 0 Å². The van der Waals surface area contributed by atoms with Crippen LogP contribution in [0.25, 0.3) is 49.4 Å². The van der Waals surface area contributed by atoms with Gasteiger partial charge in [0.2, 0.25) is 0 Å². The van der Waals surface area contributed by atoms with Gasteiger partial charge >= 0.3 is 0 Å². The Labute approximate surface area is 287 Å². The third-order valence-corrected chi connectivity index (χ3v) is 8.76. The van der Waals surface area contributed by atoms with Crippen LogP contribution in [0.2, 0.25) is 0 Å². The summed E-state index contributed by atoms with van der Waals surface area (Å²) in [7, 11) is 2.12. The first-order valence-corrected chi connectivity index (χ1v) is 15.3. The zero-order chi connectivity index (χ0) is 30.8. The molecule has 8 aromatic rings. The van der Waals surface area contributed by atoms with Crippen molar-refractivity contribution in [1.82, 2.24) is 14.1 Å². The van der Waals surface area contributed by atoms with Crippen molar-refractivity contribution in [3.8, 4) is 17.3 Å². The van der Waals surface area contributed by atoms with Crippen LogP contribution in [0.5, 0.6) is 11.5 Å². The van der Waals surface area contributed by atoms with Crippen LogP contribution < -0.4 is 14.5 Å². The van der Waals surface area contributed by atoms with Crippen LogP contribution in [0.4, 0.5) is 11.4 Å². The third-order valence-electron chi connectivity index (χ3n) is 8.76. The van der Waals surface area contributed by atoms with Crippen LogP contribution in [-0.2, 0) is 28.1 Å². The number of hydrogen-bond donors (Lipinski definition) is 0. The Morgan fingerprint density at radius 3 is 2.36 bits per heavy atom. The molecule has 47 heavy (non-hydrogen) atoms. The van der Waals surface area contributed by atoms with Gasteiger partial charge in [0.25, 0.3) is 0 Å². The second-order valence-electron chi connectivity index (χ2n) is 11.6. The maximum absolute atomic E-state index is 6.40. The Morgan fingerprint density at radius 1 is 0.660 bits per heavy atom. The van der Waals surface area contributed by atoms with Crippen LogP contribution in [-0.4, -0.2) is 14.1 Å². The maximum Gasteiger partial charge on any atom is 0.137 e. The minimum Gasteiger partial charge on any atom is -0.509 e. The fourth-order valence-corrected chi connectivity index (χ4v) is 6.52. The third kappa shape index (κ3) is 4.88. The molecule has 1 aliphatic rings. The van der Waals surface area contributed by atoms with Crippen molar-refractivity contribution in [3.05, 3.63) is 152 Å². The van der Waals surface area contributed by atoms with E-state index < -0.39 is 0 Å². The number of benzene rings is 5. The Balaban J connectivity index is 0.00000324. The van der Waals surface area contributed by atoms with Crippen LogP contribution >= 0.6 is 0 Å². The number of ether oxygens (including phenoxy) is 1. The van der Waals surface area contributed by atoms with E-state index in [1.54, 1.807) is 0 Å². The number of para-hydroxylation sites is 2. The predicted molar refractivity (Wildman–Crippen MR) is 186 cm³/mol. The van der Waals surface area contributed by atoms with Crippen molar-refractivity contribution in [1.29, 1.82) is 0 Å². The van der Waals surface area contributed by atoms with Crippen molar-refractivity contribution >= 4 is 55.0 Å². The van der Waals surface area contributed by atoms with Crippen molar-refractivity contribution in [2.45, 2.75) is 6.92 Å². The molecule has 1 aliphatic heterocycles. The van der Waals surface area contributed by atoms with Crippen molar-refractivity contribution in [3.63, 3.8) is 0 Å². The number of nitrogens with zero attached hydrogens (tertiary/aromatic N) is 5. The zero-order valence-electron chi connectivity index (χ0n) is 25.7. The maximum atomic E-state index is 6.40. The summed E-state index contributed by atoms with van der Waals surface area (Å²) in [5.41, 5.74) is 7.51. The molecule has 0 saturated carbocycles. The van der Waals surface area contributed by atoms with Crippen LogP contribution in [0.1, 0.15) is 5.56 Å². The van der Waals surface area contributed by atoms with Gasteiger partial charge in [0.05, 0.1) is 5.52 Å². The van der Waals surface area contributed by atoms with E-state index in [9.17, 15) is 0 Å². The van der Waals surface area contributed by atoms with Crippen molar-refractivity contribution in [2.24, 2.45) is 7.05 Å². The topological polar surface area (TPSA) is 38.5 Å². The molecule has 0 unspecified atom stereocenters. The van der Waals surface area contributed by atoms with Crippen LogP contribution in [0.3, 0.4) is 0 Å². The van der Waals surface area contributed by atoms with Gasteiger partial charge in [-0.1, -0.05) is 53.5 Å². The minimum atomic E-state index is 0. The van der Waals surface area contributed by atoms with Crippen molar-refractivity contribution in [2.75, 3.05) is 9.80 Å². The Kier molecular flexibility index (Phi) is 7.11. The monoisotopic (exact) mass is 789 g/mol. The molecule has 0 N–H and O–H groups in total. The van der Waals surface area contributed by atoms with Gasteiger partial charge in [0.15, 0.2) is 0 Å². The molecule has 232 valence electrons. The average Bonchev–Trinajstić information content (AvgIpc) is 3.79. The number of aryl methyl sites for hydroxylation is 2. The molecule has 0 bridgehead atoms. The van der Waals surface area contributed by atoms with E-state index in [1.165, 1.54) is 16.5 Å². The second kappa shape index (κ2) is 11.5. The molecular formula is C40H28N5OPt-3. The molecule has 7 heteroatoms. The summed E-state index contributed by atoms with van der Waals surface area (Å²) in [6, 6.07) is 44.4. The molecule has 0 aliphatic carbocycles. The summed E-state index contributed by atoms with van der Waals surface area (Å²) in [6.45, 7) is 4.16. The van der Waals surface area contributed by atoms with E-state index in [1.807, 2.05) is 72.6 Å². The first kappa shape index (κ1) is 29.1. The zero-order valence-corrected chi connectivity index (χ0v) is 27.9. The van der Waals surface area contributed by atoms with E-state index in [4.69, 9.17) is 9.72 Å².